The molecule has 1 aliphatic heterocycles. The zero-order valence-corrected chi connectivity index (χ0v) is 25.4. The summed E-state index contributed by atoms with van der Waals surface area (Å²) in [7, 11) is 0. The zero-order chi connectivity index (χ0) is 30.3. The lowest BCUT2D eigenvalue weighted by atomic mass is 9.78. The van der Waals surface area contributed by atoms with Crippen LogP contribution in [0.1, 0.15) is 98.9 Å². The number of piperidine rings is 1. The van der Waals surface area contributed by atoms with E-state index in [2.05, 4.69) is 31.8 Å². The van der Waals surface area contributed by atoms with Crippen LogP contribution < -0.4 is 9.64 Å². The molecule has 1 aromatic heterocycles. The molecule has 0 N–H and O–H groups in total. The van der Waals surface area contributed by atoms with Crippen molar-refractivity contribution in [3.05, 3.63) is 82.3 Å². The number of ether oxygens (including phenoxy) is 1. The predicted molar refractivity (Wildman–Crippen MR) is 162 cm³/mol. The molecule has 3 aliphatic rings. The molecule has 5 unspecified atom stereocenters. The third-order valence-electron chi connectivity index (χ3n) is 10.4. The second-order valence-electron chi connectivity index (χ2n) is 13.0. The Morgan fingerprint density at radius 2 is 1.72 bits per heavy atom. The molecule has 7 heteroatoms. The van der Waals surface area contributed by atoms with Crippen molar-refractivity contribution in [3.63, 3.8) is 0 Å². The number of nitrogens with zero attached hydrogens (tertiary/aromatic N) is 2. The highest BCUT2D eigenvalue weighted by Gasteiger charge is 2.51. The Morgan fingerprint density at radius 3 is 2.47 bits per heavy atom. The van der Waals surface area contributed by atoms with Gasteiger partial charge in [-0.25, -0.2) is 9.37 Å². The molecule has 43 heavy (non-hydrogen) atoms. The van der Waals surface area contributed by atoms with Crippen molar-refractivity contribution in [1.29, 1.82) is 0 Å². The van der Waals surface area contributed by atoms with E-state index in [9.17, 15) is 17.6 Å². The van der Waals surface area contributed by atoms with Crippen molar-refractivity contribution in [1.82, 2.24) is 4.98 Å². The average Bonchev–Trinajstić information content (AvgIpc) is 3.64. The van der Waals surface area contributed by atoms with Crippen LogP contribution in [0.25, 0.3) is 0 Å². The molecule has 0 bridgehead atoms. The van der Waals surface area contributed by atoms with Gasteiger partial charge >= 0.3 is 6.18 Å². The van der Waals surface area contributed by atoms with Crippen LogP contribution in [0.15, 0.2) is 48.7 Å². The number of anilines is 1. The number of hydrogen-bond acceptors (Lipinski definition) is 3. The van der Waals surface area contributed by atoms with Crippen LogP contribution in [-0.4, -0.2) is 18.1 Å². The van der Waals surface area contributed by atoms with Crippen LogP contribution in [0, 0.1) is 23.6 Å². The van der Waals surface area contributed by atoms with Gasteiger partial charge < -0.3 is 9.64 Å². The number of benzene rings is 2. The first kappa shape index (κ1) is 30.0. The first-order chi connectivity index (χ1) is 20.6. The fourth-order valence-electron chi connectivity index (χ4n) is 7.96. The SMILES string of the molecule is CCc1cc(F)ccc1CCC1CCC2C(C)C2C(C)c2cc(Oc3ncc(N4CCCCC4)cc3C(F)(F)F)ccc21. The minimum absolute atomic E-state index is 0.198. The average molecular weight is 595 g/mol. The Bertz CT molecular complexity index is 1450. The van der Waals surface area contributed by atoms with Crippen LogP contribution in [0.5, 0.6) is 11.6 Å². The summed E-state index contributed by atoms with van der Waals surface area (Å²) in [6.07, 6.45) is 4.84. The van der Waals surface area contributed by atoms with E-state index in [-0.39, 0.29) is 11.7 Å². The topological polar surface area (TPSA) is 25.4 Å². The highest BCUT2D eigenvalue weighted by molar-refractivity contribution is 5.52. The maximum atomic E-state index is 14.2. The van der Waals surface area contributed by atoms with E-state index >= 15 is 0 Å². The highest BCUT2D eigenvalue weighted by atomic mass is 19.4. The largest absolute Gasteiger partial charge is 0.438 e. The van der Waals surface area contributed by atoms with Gasteiger partial charge in [-0.2, -0.15) is 13.2 Å². The van der Waals surface area contributed by atoms with E-state index in [1.54, 1.807) is 12.1 Å². The number of alkyl halides is 3. The predicted octanol–water partition coefficient (Wildman–Crippen LogP) is 10.1. The molecule has 2 aliphatic carbocycles. The molecular formula is C36H42F4N2O. The molecule has 1 saturated carbocycles. The molecular weight excluding hydrogens is 552 g/mol. The van der Waals surface area contributed by atoms with Crippen molar-refractivity contribution < 1.29 is 22.3 Å². The highest BCUT2D eigenvalue weighted by Crippen LogP contribution is 2.59. The number of halogens is 4. The number of rotatable bonds is 7. The number of aromatic nitrogens is 1. The molecule has 0 radical (unpaired) electrons. The van der Waals surface area contributed by atoms with Gasteiger partial charge in [0, 0.05) is 13.1 Å². The van der Waals surface area contributed by atoms with Gasteiger partial charge in [0.1, 0.15) is 17.1 Å². The zero-order valence-electron chi connectivity index (χ0n) is 25.4. The van der Waals surface area contributed by atoms with Crippen molar-refractivity contribution in [2.75, 3.05) is 18.0 Å². The van der Waals surface area contributed by atoms with Crippen molar-refractivity contribution >= 4 is 5.69 Å². The van der Waals surface area contributed by atoms with Crippen molar-refractivity contribution in [3.8, 4) is 11.6 Å². The number of fused-ring (bicyclic) bond motifs is 2. The van der Waals surface area contributed by atoms with E-state index in [1.807, 2.05) is 23.1 Å². The normalized spacial score (nSPS) is 25.4. The van der Waals surface area contributed by atoms with Crippen LogP contribution in [0.3, 0.4) is 0 Å². The second-order valence-corrected chi connectivity index (χ2v) is 13.0. The molecule has 0 spiro atoms. The smallest absolute Gasteiger partial charge is 0.421 e. The number of hydrogen-bond donors (Lipinski definition) is 0. The van der Waals surface area contributed by atoms with Crippen LogP contribution in [-0.2, 0) is 19.0 Å². The van der Waals surface area contributed by atoms with Gasteiger partial charge in [-0.05, 0) is 134 Å². The lowest BCUT2D eigenvalue weighted by Gasteiger charge is -2.29. The lowest BCUT2D eigenvalue weighted by molar-refractivity contribution is -0.138. The summed E-state index contributed by atoms with van der Waals surface area (Å²) >= 11 is 0. The molecule has 5 atom stereocenters. The summed E-state index contributed by atoms with van der Waals surface area (Å²) in [5.74, 6) is 2.29. The number of pyridine rings is 1. The van der Waals surface area contributed by atoms with Gasteiger partial charge in [-0.3, -0.25) is 0 Å². The Hall–Kier alpha value is -3.09. The molecule has 3 nitrogen and oxygen atoms in total. The Morgan fingerprint density at radius 1 is 0.930 bits per heavy atom. The van der Waals surface area contributed by atoms with Gasteiger partial charge in [0.05, 0.1) is 11.9 Å². The molecule has 1 saturated heterocycles. The summed E-state index contributed by atoms with van der Waals surface area (Å²) in [6.45, 7) is 8.12. The maximum Gasteiger partial charge on any atom is 0.421 e. The lowest BCUT2D eigenvalue weighted by Crippen LogP contribution is -2.29. The fraction of sp³-hybridized carbons (Fsp3) is 0.528. The van der Waals surface area contributed by atoms with Crippen molar-refractivity contribution in [2.45, 2.75) is 90.1 Å². The molecule has 3 aromatic rings. The van der Waals surface area contributed by atoms with E-state index in [0.29, 0.717) is 35.1 Å². The van der Waals surface area contributed by atoms with E-state index in [0.717, 1.165) is 63.6 Å². The Labute approximate surface area is 252 Å². The van der Waals surface area contributed by atoms with Gasteiger partial charge in [0.15, 0.2) is 0 Å². The van der Waals surface area contributed by atoms with Crippen molar-refractivity contribution in [2.24, 2.45) is 17.8 Å². The molecule has 2 fully saturated rings. The van der Waals surface area contributed by atoms with Crippen LogP contribution in [0.4, 0.5) is 23.2 Å². The monoisotopic (exact) mass is 594 g/mol. The van der Waals surface area contributed by atoms with Crippen LogP contribution >= 0.6 is 0 Å². The molecule has 2 heterocycles. The van der Waals surface area contributed by atoms with Crippen LogP contribution in [0.2, 0.25) is 0 Å². The molecule has 230 valence electrons. The summed E-state index contributed by atoms with van der Waals surface area (Å²) in [5.41, 5.74) is 4.34. The number of aryl methyl sites for hydroxylation is 2. The summed E-state index contributed by atoms with van der Waals surface area (Å²) in [5, 5.41) is 0. The first-order valence-corrected chi connectivity index (χ1v) is 16.0. The minimum Gasteiger partial charge on any atom is -0.438 e. The van der Waals surface area contributed by atoms with E-state index in [1.165, 1.54) is 35.4 Å². The quantitative estimate of drug-likeness (QED) is 0.255. The second kappa shape index (κ2) is 12.1. The third-order valence-corrected chi connectivity index (χ3v) is 10.4. The van der Waals surface area contributed by atoms with Gasteiger partial charge in [0.25, 0.3) is 0 Å². The molecule has 6 rings (SSSR count). The Kier molecular flexibility index (Phi) is 8.45. The summed E-state index contributed by atoms with van der Waals surface area (Å²) < 4.78 is 62.5. The molecule has 2 aromatic carbocycles. The standard InChI is InChI=1S/C36H42F4N2O/c1-4-24-18-27(37)12-10-25(24)8-9-26-11-14-30-22(2)34(30)23(3)32-20-29(13-15-31(26)32)43-35-33(36(38,39)40)19-28(21-41-35)42-16-6-5-7-17-42/h10,12-13,15,18-23,26,30,34H,4-9,11,14,16-17H2,1-3H3. The summed E-state index contributed by atoms with van der Waals surface area (Å²) in [4.78, 5) is 6.18. The van der Waals surface area contributed by atoms with Gasteiger partial charge in [0.2, 0.25) is 5.88 Å². The van der Waals surface area contributed by atoms with Gasteiger partial charge in [-0.1, -0.05) is 32.9 Å². The van der Waals surface area contributed by atoms with E-state index in [4.69, 9.17) is 4.74 Å². The Balaban J connectivity index is 1.29. The summed E-state index contributed by atoms with van der Waals surface area (Å²) in [6, 6.07) is 12.1. The molecule has 0 amide bonds. The van der Waals surface area contributed by atoms with Gasteiger partial charge in [-0.15, -0.1) is 0 Å². The third kappa shape index (κ3) is 6.28. The fourth-order valence-corrected chi connectivity index (χ4v) is 7.96. The van der Waals surface area contributed by atoms with E-state index < -0.39 is 17.6 Å². The maximum absolute atomic E-state index is 14.2. The minimum atomic E-state index is -4.58. The first-order valence-electron chi connectivity index (χ1n) is 16.0.